The monoisotopic (exact) mass is 589 g/mol. The van der Waals surface area contributed by atoms with Crippen LogP contribution < -0.4 is 16.0 Å². The van der Waals surface area contributed by atoms with Crippen molar-refractivity contribution < 1.29 is 34.1 Å². The molecule has 4 amide bonds. The number of aliphatic hydroxyl groups excluding tert-OH is 1. The molecule has 0 unspecified atom stereocenters. The van der Waals surface area contributed by atoms with Gasteiger partial charge in [-0.15, -0.1) is 11.3 Å². The number of carbonyl (C=O) groups is 4. The zero-order valence-corrected chi connectivity index (χ0v) is 24.6. The number of aromatic nitrogens is 1. The Morgan fingerprint density at radius 3 is 2.46 bits per heavy atom. The molecular weight excluding hydrogens is 550 g/mol. The van der Waals surface area contributed by atoms with Crippen molar-refractivity contribution in [1.29, 1.82) is 0 Å². The lowest BCUT2D eigenvalue weighted by Crippen LogP contribution is -2.57. The molecule has 12 nitrogen and oxygen atoms in total. The van der Waals surface area contributed by atoms with Gasteiger partial charge >= 0.3 is 6.09 Å². The zero-order valence-electron chi connectivity index (χ0n) is 23.8. The molecule has 1 aromatic heterocycles. The fraction of sp³-hybridized carbons (Fsp3) is 0.536. The molecule has 3 rings (SSSR count). The number of amides is 4. The van der Waals surface area contributed by atoms with Gasteiger partial charge in [0.25, 0.3) is 0 Å². The quantitative estimate of drug-likeness (QED) is 0.234. The van der Waals surface area contributed by atoms with Gasteiger partial charge in [-0.3, -0.25) is 14.4 Å². The minimum atomic E-state index is -1.16. The van der Waals surface area contributed by atoms with Crippen molar-refractivity contribution in [2.75, 3.05) is 26.3 Å². The summed E-state index contributed by atoms with van der Waals surface area (Å²) in [7, 11) is 0. The van der Waals surface area contributed by atoms with Crippen LogP contribution in [0.4, 0.5) is 4.79 Å². The van der Waals surface area contributed by atoms with E-state index in [-0.39, 0.29) is 51.6 Å². The summed E-state index contributed by atoms with van der Waals surface area (Å²) >= 11 is 1.57. The van der Waals surface area contributed by atoms with E-state index in [2.05, 4.69) is 20.9 Å². The molecule has 1 aromatic carbocycles. The summed E-state index contributed by atoms with van der Waals surface area (Å²) in [5, 5.41) is 26.7. The second-order valence-electron chi connectivity index (χ2n) is 11.0. The number of aliphatic hydroxyl groups is 1. The van der Waals surface area contributed by atoms with Crippen LogP contribution in [0, 0.1) is 12.3 Å². The van der Waals surface area contributed by atoms with Gasteiger partial charge in [-0.25, -0.2) is 9.78 Å². The van der Waals surface area contributed by atoms with Crippen molar-refractivity contribution in [2.24, 2.45) is 5.41 Å². The Morgan fingerprint density at radius 2 is 1.85 bits per heavy atom. The highest BCUT2D eigenvalue weighted by atomic mass is 32.1. The number of thiazole rings is 1. The summed E-state index contributed by atoms with van der Waals surface area (Å²) in [6, 6.07) is 6.00. The van der Waals surface area contributed by atoms with Crippen LogP contribution in [0.25, 0.3) is 10.4 Å². The molecule has 41 heavy (non-hydrogen) atoms. The number of nitrogens with one attached hydrogen (secondary N) is 3. The molecule has 0 aliphatic carbocycles. The first kappa shape index (κ1) is 32.0. The minimum absolute atomic E-state index is 0.0119. The molecule has 13 heteroatoms. The number of β-amino-alcohol motifs (C(OH)–C–C–N with tert-alkyl or cyclic N) is 1. The van der Waals surface area contributed by atoms with Crippen molar-refractivity contribution in [2.45, 2.75) is 65.3 Å². The first-order valence-electron chi connectivity index (χ1n) is 13.5. The van der Waals surface area contributed by atoms with E-state index in [4.69, 9.17) is 9.84 Å². The second-order valence-corrected chi connectivity index (χ2v) is 11.9. The standard InChI is InChI=1S/C28H39N5O7S/c1-17-23(41-16-31-17)19-7-5-18(6-8-19)14-30-25(36)21-13-20(34)15-33(21)26(37)24(28(2,3)4)32-22(35)9-11-40-12-10-29-27(38)39/h5-8,16,20-21,24,29,34H,9-15H2,1-4H3,(H,30,36)(H,32,35)(H,38,39)/t20-,21+,24-/m1/s1. The Bertz CT molecular complexity index is 1210. The van der Waals surface area contributed by atoms with E-state index in [1.165, 1.54) is 4.90 Å². The van der Waals surface area contributed by atoms with Crippen molar-refractivity contribution in [3.63, 3.8) is 0 Å². The summed E-state index contributed by atoms with van der Waals surface area (Å²) < 4.78 is 5.27. The van der Waals surface area contributed by atoms with Crippen LogP contribution in [0.1, 0.15) is 44.9 Å². The Labute approximate surface area is 243 Å². The smallest absolute Gasteiger partial charge is 0.404 e. The van der Waals surface area contributed by atoms with Crippen LogP contribution in [-0.2, 0) is 25.7 Å². The van der Waals surface area contributed by atoms with Crippen molar-refractivity contribution in [1.82, 2.24) is 25.8 Å². The van der Waals surface area contributed by atoms with Gasteiger partial charge in [0.1, 0.15) is 12.1 Å². The number of hydrogen-bond acceptors (Lipinski definition) is 8. The maximum Gasteiger partial charge on any atom is 0.404 e. The van der Waals surface area contributed by atoms with E-state index < -0.39 is 41.5 Å². The minimum Gasteiger partial charge on any atom is -0.465 e. The summed E-state index contributed by atoms with van der Waals surface area (Å²) in [6.45, 7) is 7.89. The number of ether oxygens (including phenoxy) is 1. The summed E-state index contributed by atoms with van der Waals surface area (Å²) in [6.07, 6.45) is -1.94. The molecule has 2 aromatic rings. The molecule has 224 valence electrons. The van der Waals surface area contributed by atoms with Crippen molar-refractivity contribution >= 4 is 35.2 Å². The van der Waals surface area contributed by atoms with Crippen LogP contribution >= 0.6 is 11.3 Å². The number of carboxylic acid groups (broad SMARTS) is 1. The normalized spacial score (nSPS) is 17.6. The van der Waals surface area contributed by atoms with Crippen LogP contribution in [0.15, 0.2) is 29.8 Å². The van der Waals surface area contributed by atoms with E-state index in [1.807, 2.05) is 52.0 Å². The Balaban J connectivity index is 1.58. The Morgan fingerprint density at radius 1 is 1.15 bits per heavy atom. The van der Waals surface area contributed by atoms with Gasteiger partial charge < -0.3 is 35.8 Å². The van der Waals surface area contributed by atoms with Gasteiger partial charge in [-0.05, 0) is 23.5 Å². The highest BCUT2D eigenvalue weighted by Gasteiger charge is 2.44. The average molecular weight is 590 g/mol. The lowest BCUT2D eigenvalue weighted by Gasteiger charge is -2.35. The van der Waals surface area contributed by atoms with Crippen molar-refractivity contribution in [3.05, 3.63) is 41.0 Å². The third-order valence-corrected chi connectivity index (χ3v) is 7.69. The van der Waals surface area contributed by atoms with Gasteiger partial charge in [0.2, 0.25) is 17.7 Å². The van der Waals surface area contributed by atoms with E-state index >= 15 is 0 Å². The van der Waals surface area contributed by atoms with Gasteiger partial charge in [-0.1, -0.05) is 45.0 Å². The number of likely N-dealkylation sites (tertiary alicyclic amines) is 1. The van der Waals surface area contributed by atoms with Crippen LogP contribution in [-0.4, -0.2) is 88.4 Å². The largest absolute Gasteiger partial charge is 0.465 e. The predicted molar refractivity (Wildman–Crippen MR) is 153 cm³/mol. The van der Waals surface area contributed by atoms with Crippen LogP contribution in [0.3, 0.4) is 0 Å². The molecule has 3 atom stereocenters. The Hall–Kier alpha value is -3.55. The predicted octanol–water partition coefficient (Wildman–Crippen LogP) is 1.90. The topological polar surface area (TPSA) is 170 Å². The summed E-state index contributed by atoms with van der Waals surface area (Å²) in [4.78, 5) is 56.6. The van der Waals surface area contributed by atoms with Crippen LogP contribution in [0.2, 0.25) is 0 Å². The maximum absolute atomic E-state index is 13.6. The molecular formula is C28H39N5O7S. The molecule has 1 saturated heterocycles. The van der Waals surface area contributed by atoms with Gasteiger partial charge in [-0.2, -0.15) is 0 Å². The first-order valence-corrected chi connectivity index (χ1v) is 14.3. The molecule has 1 aliphatic heterocycles. The third-order valence-electron chi connectivity index (χ3n) is 6.71. The van der Waals surface area contributed by atoms with Crippen LogP contribution in [0.5, 0.6) is 0 Å². The average Bonchev–Trinajstić information content (AvgIpc) is 3.52. The first-order chi connectivity index (χ1) is 19.4. The fourth-order valence-corrected chi connectivity index (χ4v) is 5.32. The van der Waals surface area contributed by atoms with Gasteiger partial charge in [0.15, 0.2) is 0 Å². The summed E-state index contributed by atoms with van der Waals surface area (Å²) in [5.74, 6) is -1.24. The molecule has 1 aliphatic rings. The fourth-order valence-electron chi connectivity index (χ4n) is 4.51. The number of benzene rings is 1. The molecule has 0 radical (unpaired) electrons. The van der Waals surface area contributed by atoms with Crippen molar-refractivity contribution in [3.8, 4) is 10.4 Å². The molecule has 2 heterocycles. The lowest BCUT2D eigenvalue weighted by molar-refractivity contribution is -0.144. The molecule has 0 bridgehead atoms. The van der Waals surface area contributed by atoms with Gasteiger partial charge in [0, 0.05) is 32.5 Å². The van der Waals surface area contributed by atoms with E-state index in [0.29, 0.717) is 0 Å². The number of carbonyl (C=O) groups excluding carboxylic acids is 3. The molecule has 1 fully saturated rings. The number of nitrogens with zero attached hydrogens (tertiary/aromatic N) is 2. The lowest BCUT2D eigenvalue weighted by atomic mass is 9.85. The Kier molecular flexibility index (Phi) is 11.2. The molecule has 0 spiro atoms. The maximum atomic E-state index is 13.6. The van der Waals surface area contributed by atoms with Gasteiger partial charge in [0.05, 0.1) is 35.4 Å². The zero-order chi connectivity index (χ0) is 30.2. The molecule has 0 saturated carbocycles. The SMILES string of the molecule is Cc1ncsc1-c1ccc(CNC(=O)[C@@H]2C[C@@H](O)CN2C(=O)[C@@H](NC(=O)CCOCCNC(=O)O)C(C)(C)C)cc1. The summed E-state index contributed by atoms with van der Waals surface area (Å²) in [5.41, 5.74) is 4.03. The van der Waals surface area contributed by atoms with E-state index in [1.54, 1.807) is 16.8 Å². The second kappa shape index (κ2) is 14.4. The highest BCUT2D eigenvalue weighted by molar-refractivity contribution is 7.13. The third kappa shape index (κ3) is 9.23. The van der Waals surface area contributed by atoms with E-state index in [0.717, 1.165) is 21.7 Å². The molecule has 5 N–H and O–H groups in total. The number of rotatable bonds is 12. The highest BCUT2D eigenvalue weighted by Crippen LogP contribution is 2.28. The van der Waals surface area contributed by atoms with E-state index in [9.17, 15) is 24.3 Å². The number of aryl methyl sites for hydroxylation is 1. The number of hydrogen-bond donors (Lipinski definition) is 5.